The van der Waals surface area contributed by atoms with Crippen LogP contribution in [0.1, 0.15) is 27.9 Å². The van der Waals surface area contributed by atoms with Gasteiger partial charge in [0.2, 0.25) is 0 Å². The van der Waals surface area contributed by atoms with E-state index < -0.39 is 0 Å². The number of carbonyl (C=O) groups excluding carboxylic acids is 1. The smallest absolute Gasteiger partial charge is 0.257 e. The molecular formula is C13H13ClN2OS. The van der Waals surface area contributed by atoms with E-state index in [4.69, 9.17) is 11.6 Å². The van der Waals surface area contributed by atoms with Gasteiger partial charge in [0.05, 0.1) is 5.69 Å². The summed E-state index contributed by atoms with van der Waals surface area (Å²) in [5.41, 5.74) is 1.61. The summed E-state index contributed by atoms with van der Waals surface area (Å²) in [6.07, 6.45) is 0.874. The summed E-state index contributed by atoms with van der Waals surface area (Å²) in [6, 6.07) is 6.78. The number of benzene rings is 1. The molecule has 0 radical (unpaired) electrons. The average Bonchev–Trinajstić information content (AvgIpc) is 2.70. The van der Waals surface area contributed by atoms with Crippen molar-refractivity contribution in [2.75, 3.05) is 5.32 Å². The first-order chi connectivity index (χ1) is 8.60. The molecule has 1 N–H and O–H groups in total. The van der Waals surface area contributed by atoms with E-state index in [0.29, 0.717) is 15.7 Å². The second kappa shape index (κ2) is 5.50. The number of aryl methyl sites for hydroxylation is 2. The van der Waals surface area contributed by atoms with E-state index in [1.807, 2.05) is 13.8 Å². The number of nitrogens with zero attached hydrogens (tertiary/aromatic N) is 1. The third-order valence-electron chi connectivity index (χ3n) is 2.55. The number of nitrogens with one attached hydrogen (secondary N) is 1. The van der Waals surface area contributed by atoms with Crippen LogP contribution in [0.4, 0.5) is 5.13 Å². The second-order valence-corrected chi connectivity index (χ2v) is 5.48. The molecule has 0 saturated heterocycles. The van der Waals surface area contributed by atoms with Gasteiger partial charge in [-0.3, -0.25) is 10.1 Å². The van der Waals surface area contributed by atoms with Gasteiger partial charge in [-0.2, -0.15) is 0 Å². The van der Waals surface area contributed by atoms with Crippen molar-refractivity contribution in [3.8, 4) is 0 Å². The predicted octanol–water partition coefficient (Wildman–Crippen LogP) is 3.92. The molecule has 0 aliphatic heterocycles. The highest BCUT2D eigenvalue weighted by Crippen LogP contribution is 2.23. The highest BCUT2D eigenvalue weighted by Gasteiger charge is 2.10. The zero-order chi connectivity index (χ0) is 13.1. The Labute approximate surface area is 115 Å². The average molecular weight is 281 g/mol. The summed E-state index contributed by atoms with van der Waals surface area (Å²) < 4.78 is 0. The van der Waals surface area contributed by atoms with Crippen molar-refractivity contribution in [1.82, 2.24) is 4.98 Å². The monoisotopic (exact) mass is 280 g/mol. The summed E-state index contributed by atoms with van der Waals surface area (Å²) in [4.78, 5) is 17.5. The van der Waals surface area contributed by atoms with Gasteiger partial charge in [0.1, 0.15) is 0 Å². The molecule has 0 aliphatic carbocycles. The molecule has 18 heavy (non-hydrogen) atoms. The Bertz CT molecular complexity index is 563. The van der Waals surface area contributed by atoms with Gasteiger partial charge in [0.25, 0.3) is 5.91 Å². The van der Waals surface area contributed by atoms with Gasteiger partial charge in [-0.1, -0.05) is 18.5 Å². The van der Waals surface area contributed by atoms with Gasteiger partial charge in [0, 0.05) is 15.5 Å². The molecule has 94 valence electrons. The van der Waals surface area contributed by atoms with Crippen molar-refractivity contribution in [3.63, 3.8) is 0 Å². The van der Waals surface area contributed by atoms with E-state index in [-0.39, 0.29) is 5.91 Å². The molecular weight excluding hydrogens is 268 g/mol. The number of hydrogen-bond donors (Lipinski definition) is 1. The predicted molar refractivity (Wildman–Crippen MR) is 75.6 cm³/mol. The van der Waals surface area contributed by atoms with Gasteiger partial charge >= 0.3 is 0 Å². The maximum Gasteiger partial charge on any atom is 0.257 e. The molecule has 0 unspecified atom stereocenters. The standard InChI is InChI=1S/C13H13ClN2OS/c1-3-11-8(2)18-13(15-11)16-12(17)9-4-6-10(14)7-5-9/h4-7H,3H2,1-2H3,(H,15,16,17). The van der Waals surface area contributed by atoms with Crippen molar-refractivity contribution in [1.29, 1.82) is 0 Å². The molecule has 0 fully saturated rings. The van der Waals surface area contributed by atoms with Crippen molar-refractivity contribution in [2.45, 2.75) is 20.3 Å². The molecule has 1 aromatic heterocycles. The van der Waals surface area contributed by atoms with E-state index in [2.05, 4.69) is 10.3 Å². The Morgan fingerprint density at radius 1 is 1.39 bits per heavy atom. The van der Waals surface area contributed by atoms with Crippen LogP contribution in [-0.2, 0) is 6.42 Å². The van der Waals surface area contributed by atoms with Crippen LogP contribution in [0.15, 0.2) is 24.3 Å². The largest absolute Gasteiger partial charge is 0.298 e. The second-order valence-electron chi connectivity index (χ2n) is 3.84. The van der Waals surface area contributed by atoms with Gasteiger partial charge in [-0.25, -0.2) is 4.98 Å². The van der Waals surface area contributed by atoms with Crippen molar-refractivity contribution >= 4 is 34.0 Å². The lowest BCUT2D eigenvalue weighted by Crippen LogP contribution is -2.11. The van der Waals surface area contributed by atoms with E-state index in [9.17, 15) is 4.79 Å². The zero-order valence-corrected chi connectivity index (χ0v) is 11.7. The van der Waals surface area contributed by atoms with Crippen molar-refractivity contribution in [2.24, 2.45) is 0 Å². The SMILES string of the molecule is CCc1nc(NC(=O)c2ccc(Cl)cc2)sc1C. The molecule has 3 nitrogen and oxygen atoms in total. The summed E-state index contributed by atoms with van der Waals surface area (Å²) in [6.45, 7) is 4.06. The molecule has 2 aromatic rings. The number of amides is 1. The fraction of sp³-hybridized carbons (Fsp3) is 0.231. The number of thiazole rings is 1. The third kappa shape index (κ3) is 2.89. The Morgan fingerprint density at radius 3 is 2.61 bits per heavy atom. The normalized spacial score (nSPS) is 10.4. The van der Waals surface area contributed by atoms with Crippen LogP contribution in [0.25, 0.3) is 0 Å². The van der Waals surface area contributed by atoms with Crippen LogP contribution in [0, 0.1) is 6.92 Å². The Balaban J connectivity index is 2.13. The maximum atomic E-state index is 11.9. The summed E-state index contributed by atoms with van der Waals surface area (Å²) in [5.74, 6) is -0.164. The molecule has 1 aromatic carbocycles. The summed E-state index contributed by atoms with van der Waals surface area (Å²) in [5, 5.41) is 4.06. The minimum atomic E-state index is -0.164. The number of anilines is 1. The van der Waals surface area contributed by atoms with Crippen LogP contribution >= 0.6 is 22.9 Å². The lowest BCUT2D eigenvalue weighted by atomic mass is 10.2. The zero-order valence-electron chi connectivity index (χ0n) is 10.2. The van der Waals surface area contributed by atoms with Crippen molar-refractivity contribution in [3.05, 3.63) is 45.4 Å². The minimum absolute atomic E-state index is 0.164. The maximum absolute atomic E-state index is 11.9. The molecule has 0 spiro atoms. The lowest BCUT2D eigenvalue weighted by Gasteiger charge is -2.01. The first kappa shape index (κ1) is 13.1. The molecule has 0 bridgehead atoms. The van der Waals surface area contributed by atoms with E-state index >= 15 is 0 Å². The van der Waals surface area contributed by atoms with Crippen LogP contribution in [-0.4, -0.2) is 10.9 Å². The van der Waals surface area contributed by atoms with Crippen LogP contribution in [0.2, 0.25) is 5.02 Å². The Kier molecular flexibility index (Phi) is 3.99. The molecule has 2 rings (SSSR count). The number of rotatable bonds is 3. The molecule has 0 atom stereocenters. The third-order valence-corrected chi connectivity index (χ3v) is 3.73. The number of hydrogen-bond acceptors (Lipinski definition) is 3. The highest BCUT2D eigenvalue weighted by molar-refractivity contribution is 7.15. The first-order valence-electron chi connectivity index (χ1n) is 5.63. The fourth-order valence-corrected chi connectivity index (χ4v) is 2.60. The minimum Gasteiger partial charge on any atom is -0.298 e. The quantitative estimate of drug-likeness (QED) is 0.926. The Hall–Kier alpha value is -1.39. The van der Waals surface area contributed by atoms with Crippen LogP contribution < -0.4 is 5.32 Å². The first-order valence-corrected chi connectivity index (χ1v) is 6.83. The van der Waals surface area contributed by atoms with E-state index in [0.717, 1.165) is 17.0 Å². The van der Waals surface area contributed by atoms with Crippen LogP contribution in [0.5, 0.6) is 0 Å². The fourth-order valence-electron chi connectivity index (χ4n) is 1.58. The topological polar surface area (TPSA) is 42.0 Å². The molecule has 1 heterocycles. The van der Waals surface area contributed by atoms with Gasteiger partial charge < -0.3 is 0 Å². The van der Waals surface area contributed by atoms with E-state index in [1.54, 1.807) is 24.3 Å². The van der Waals surface area contributed by atoms with Gasteiger partial charge in [-0.05, 0) is 37.6 Å². The van der Waals surface area contributed by atoms with Crippen LogP contribution in [0.3, 0.4) is 0 Å². The van der Waals surface area contributed by atoms with E-state index in [1.165, 1.54) is 11.3 Å². The van der Waals surface area contributed by atoms with Gasteiger partial charge in [-0.15, -0.1) is 11.3 Å². The Morgan fingerprint density at radius 2 is 2.06 bits per heavy atom. The number of halogens is 1. The molecule has 5 heteroatoms. The van der Waals surface area contributed by atoms with Gasteiger partial charge in [0.15, 0.2) is 5.13 Å². The highest BCUT2D eigenvalue weighted by atomic mass is 35.5. The summed E-state index contributed by atoms with van der Waals surface area (Å²) in [7, 11) is 0. The molecule has 1 amide bonds. The lowest BCUT2D eigenvalue weighted by molar-refractivity contribution is 0.102. The van der Waals surface area contributed by atoms with Crippen molar-refractivity contribution < 1.29 is 4.79 Å². The molecule has 0 aliphatic rings. The summed E-state index contributed by atoms with van der Waals surface area (Å²) >= 11 is 7.27. The number of aromatic nitrogens is 1. The molecule has 0 saturated carbocycles. The number of carbonyl (C=O) groups is 1.